The molecule has 1 aliphatic rings. The number of aliphatic hydroxyl groups excluding tert-OH is 4. The highest BCUT2D eigenvalue weighted by atomic mass is 19.1. The summed E-state index contributed by atoms with van der Waals surface area (Å²) in [5.74, 6) is -2.78. The molecule has 0 amide bonds. The number of benzene rings is 1. The van der Waals surface area contributed by atoms with Crippen LogP contribution in [0.3, 0.4) is 0 Å². The first-order valence-corrected chi connectivity index (χ1v) is 7.01. The van der Waals surface area contributed by atoms with Gasteiger partial charge in [0.05, 0.1) is 6.61 Å². The summed E-state index contributed by atoms with van der Waals surface area (Å²) in [7, 11) is 0. The molecular formula is C15H17FO8. The summed E-state index contributed by atoms with van der Waals surface area (Å²) < 4.78 is 23.3. The van der Waals surface area contributed by atoms with E-state index in [4.69, 9.17) is 14.6 Å². The highest BCUT2D eigenvalue weighted by Gasteiger charge is 2.45. The first kappa shape index (κ1) is 18.3. The first-order chi connectivity index (χ1) is 11.3. The van der Waals surface area contributed by atoms with Gasteiger partial charge in [0.15, 0.2) is 0 Å². The molecule has 0 radical (unpaired) electrons. The van der Waals surface area contributed by atoms with E-state index < -0.39 is 54.9 Å². The fraction of sp³-hybridized carbons (Fsp3) is 0.400. The second-order valence-corrected chi connectivity index (χ2v) is 5.18. The lowest BCUT2D eigenvalue weighted by atomic mass is 9.99. The minimum absolute atomic E-state index is 0.192. The standard InChI is InChI=1S/C15H17FO8/c16-8-3-1-2-7(4-8)5-9(14(21)22)23-15-13(20)12(19)11(18)10(6-17)24-15/h1-5,10-13,15,17-20H,6H2,(H,21,22)/t10-,11-,12+,13-,15-/m0/s1. The average Bonchev–Trinajstić information content (AvgIpc) is 2.54. The molecule has 24 heavy (non-hydrogen) atoms. The zero-order valence-electron chi connectivity index (χ0n) is 12.3. The highest BCUT2D eigenvalue weighted by Crippen LogP contribution is 2.24. The number of carbonyl (C=O) groups is 1. The summed E-state index contributed by atoms with van der Waals surface area (Å²) in [4.78, 5) is 11.3. The van der Waals surface area contributed by atoms with Crippen molar-refractivity contribution in [2.75, 3.05) is 6.61 Å². The molecule has 1 aromatic rings. The van der Waals surface area contributed by atoms with Gasteiger partial charge in [-0.2, -0.15) is 0 Å². The second kappa shape index (κ2) is 7.69. The molecule has 0 bridgehead atoms. The van der Waals surface area contributed by atoms with Crippen LogP contribution in [0.25, 0.3) is 6.08 Å². The number of ether oxygens (including phenoxy) is 2. The molecule has 5 atom stereocenters. The van der Waals surface area contributed by atoms with Crippen LogP contribution in [-0.4, -0.2) is 68.8 Å². The Morgan fingerprint density at radius 1 is 1.25 bits per heavy atom. The Kier molecular flexibility index (Phi) is 5.86. The third-order valence-electron chi connectivity index (χ3n) is 3.45. The molecule has 0 saturated carbocycles. The summed E-state index contributed by atoms with van der Waals surface area (Å²) in [6, 6.07) is 5.05. The third-order valence-corrected chi connectivity index (χ3v) is 3.45. The largest absolute Gasteiger partial charge is 0.475 e. The Hall–Kier alpha value is -2.04. The molecule has 0 aliphatic carbocycles. The van der Waals surface area contributed by atoms with Crippen molar-refractivity contribution in [2.24, 2.45) is 0 Å². The quantitative estimate of drug-likeness (QED) is 0.341. The monoisotopic (exact) mass is 344 g/mol. The third kappa shape index (κ3) is 4.08. The van der Waals surface area contributed by atoms with Gasteiger partial charge < -0.3 is 35.0 Å². The van der Waals surface area contributed by atoms with E-state index in [-0.39, 0.29) is 5.56 Å². The van der Waals surface area contributed by atoms with Crippen LogP contribution in [0.5, 0.6) is 0 Å². The number of aliphatic carboxylic acids is 1. The van der Waals surface area contributed by atoms with Crippen LogP contribution >= 0.6 is 0 Å². The van der Waals surface area contributed by atoms with Crippen molar-refractivity contribution in [3.05, 3.63) is 41.4 Å². The highest BCUT2D eigenvalue weighted by molar-refractivity contribution is 5.89. The lowest BCUT2D eigenvalue weighted by molar-refractivity contribution is -0.291. The van der Waals surface area contributed by atoms with E-state index in [1.165, 1.54) is 18.2 Å². The van der Waals surface area contributed by atoms with Gasteiger partial charge in [0.25, 0.3) is 0 Å². The Bertz CT molecular complexity index is 617. The molecule has 5 N–H and O–H groups in total. The summed E-state index contributed by atoms with van der Waals surface area (Å²) in [5, 5.41) is 47.4. The Morgan fingerprint density at radius 2 is 1.96 bits per heavy atom. The van der Waals surface area contributed by atoms with Crippen molar-refractivity contribution >= 4 is 12.0 Å². The molecule has 8 nitrogen and oxygen atoms in total. The number of carboxylic acids is 1. The minimum atomic E-state index is -1.75. The second-order valence-electron chi connectivity index (χ2n) is 5.18. The maximum atomic E-state index is 13.2. The van der Waals surface area contributed by atoms with Gasteiger partial charge in [-0.15, -0.1) is 0 Å². The van der Waals surface area contributed by atoms with Crippen LogP contribution in [0.1, 0.15) is 5.56 Å². The normalized spacial score (nSPS) is 30.9. The molecule has 0 unspecified atom stereocenters. The fourth-order valence-corrected chi connectivity index (χ4v) is 2.18. The molecule has 132 valence electrons. The zero-order valence-corrected chi connectivity index (χ0v) is 12.3. The topological polar surface area (TPSA) is 137 Å². The van der Waals surface area contributed by atoms with Gasteiger partial charge in [-0.05, 0) is 23.8 Å². The van der Waals surface area contributed by atoms with E-state index in [1.807, 2.05) is 0 Å². The number of aliphatic hydroxyl groups is 4. The van der Waals surface area contributed by atoms with Crippen LogP contribution in [0.15, 0.2) is 30.0 Å². The van der Waals surface area contributed by atoms with Gasteiger partial charge in [0.1, 0.15) is 30.2 Å². The van der Waals surface area contributed by atoms with E-state index in [2.05, 4.69) is 0 Å². The van der Waals surface area contributed by atoms with Crippen molar-refractivity contribution in [2.45, 2.75) is 30.7 Å². The predicted molar refractivity (Wildman–Crippen MR) is 76.9 cm³/mol. The maximum absolute atomic E-state index is 13.2. The summed E-state index contributed by atoms with van der Waals surface area (Å²) in [5.41, 5.74) is 0.192. The minimum Gasteiger partial charge on any atom is -0.475 e. The van der Waals surface area contributed by atoms with Crippen molar-refractivity contribution in [3.8, 4) is 0 Å². The first-order valence-electron chi connectivity index (χ1n) is 7.01. The van der Waals surface area contributed by atoms with Crippen molar-refractivity contribution < 1.29 is 44.2 Å². The molecule has 1 heterocycles. The Morgan fingerprint density at radius 3 is 2.54 bits per heavy atom. The Balaban J connectivity index is 2.22. The molecule has 1 aromatic carbocycles. The number of carboxylic acid groups (broad SMARTS) is 1. The average molecular weight is 344 g/mol. The summed E-state index contributed by atoms with van der Waals surface area (Å²) >= 11 is 0. The number of rotatable bonds is 5. The van der Waals surface area contributed by atoms with Gasteiger partial charge in [-0.3, -0.25) is 0 Å². The van der Waals surface area contributed by atoms with E-state index in [1.54, 1.807) is 0 Å². The van der Waals surface area contributed by atoms with E-state index >= 15 is 0 Å². The van der Waals surface area contributed by atoms with Gasteiger partial charge in [0.2, 0.25) is 12.0 Å². The van der Waals surface area contributed by atoms with Gasteiger partial charge in [-0.1, -0.05) is 12.1 Å². The zero-order chi connectivity index (χ0) is 17.9. The van der Waals surface area contributed by atoms with Crippen LogP contribution < -0.4 is 0 Å². The molecule has 2 rings (SSSR count). The molecule has 9 heteroatoms. The number of halogens is 1. The van der Waals surface area contributed by atoms with Crippen LogP contribution in [0.4, 0.5) is 4.39 Å². The molecule has 0 spiro atoms. The van der Waals surface area contributed by atoms with Gasteiger partial charge in [0, 0.05) is 0 Å². The molecule has 0 aromatic heterocycles. The molecule has 1 fully saturated rings. The van der Waals surface area contributed by atoms with Crippen LogP contribution in [0, 0.1) is 5.82 Å². The lowest BCUT2D eigenvalue weighted by Crippen LogP contribution is -2.59. The van der Waals surface area contributed by atoms with Crippen molar-refractivity contribution in [1.29, 1.82) is 0 Å². The maximum Gasteiger partial charge on any atom is 0.371 e. The van der Waals surface area contributed by atoms with Crippen LogP contribution in [-0.2, 0) is 14.3 Å². The fourth-order valence-electron chi connectivity index (χ4n) is 2.18. The molecule has 1 aliphatic heterocycles. The van der Waals surface area contributed by atoms with Gasteiger partial charge in [-0.25, -0.2) is 9.18 Å². The van der Waals surface area contributed by atoms with Crippen molar-refractivity contribution in [3.63, 3.8) is 0 Å². The predicted octanol–water partition coefficient (Wildman–Crippen LogP) is -0.932. The smallest absolute Gasteiger partial charge is 0.371 e. The summed E-state index contributed by atoms with van der Waals surface area (Å²) in [6.45, 7) is -0.680. The molecule has 1 saturated heterocycles. The lowest BCUT2D eigenvalue weighted by Gasteiger charge is -2.39. The molecular weight excluding hydrogens is 327 g/mol. The van der Waals surface area contributed by atoms with Crippen molar-refractivity contribution in [1.82, 2.24) is 0 Å². The van der Waals surface area contributed by atoms with E-state index in [0.717, 1.165) is 12.1 Å². The number of hydrogen-bond acceptors (Lipinski definition) is 7. The SMILES string of the molecule is O=C(O)C(=Cc1cccc(F)c1)O[C@H]1O[C@@H](CO)[C@H](O)[C@@H](O)[C@@H]1O. The summed E-state index contributed by atoms with van der Waals surface area (Å²) in [6.07, 6.45) is -6.92. The van der Waals surface area contributed by atoms with E-state index in [0.29, 0.717) is 0 Å². The van der Waals surface area contributed by atoms with Crippen LogP contribution in [0.2, 0.25) is 0 Å². The van der Waals surface area contributed by atoms with E-state index in [9.17, 15) is 29.6 Å². The number of hydrogen-bond donors (Lipinski definition) is 5. The van der Waals surface area contributed by atoms with Gasteiger partial charge >= 0.3 is 5.97 Å². The Labute approximate surface area is 136 Å².